The number of nitrogens with one attached hydrogen (secondary N) is 1. The predicted molar refractivity (Wildman–Crippen MR) is 47.2 cm³/mol. The van der Waals surface area contributed by atoms with E-state index in [2.05, 4.69) is 5.43 Å². The molecule has 2 unspecified atom stereocenters. The number of hydrogen-bond donors (Lipinski definition) is 2. The van der Waals surface area contributed by atoms with Gasteiger partial charge in [-0.2, -0.15) is 0 Å². The van der Waals surface area contributed by atoms with Crippen LogP contribution in [0.5, 0.6) is 0 Å². The summed E-state index contributed by atoms with van der Waals surface area (Å²) in [6, 6.07) is 0. The summed E-state index contributed by atoms with van der Waals surface area (Å²) in [6.45, 7) is 0.677. The number of carbonyl (C=O) groups is 1. The third-order valence-electron chi connectivity index (χ3n) is 2.02. The van der Waals surface area contributed by atoms with Crippen LogP contribution >= 0.6 is 0 Å². The number of aliphatic carboxylic acids is 1. The highest BCUT2D eigenvalue weighted by atomic mass is 16.5. The second-order valence-electron chi connectivity index (χ2n) is 3.42. The molecule has 1 heterocycles. The standard InChI is InChI=1S/C8H16N2O3/c1-10(2)9-5-6-3-4-7(13-6)8(11)12/h6-7,9H,3-5H2,1-2H3,(H,11,12). The van der Waals surface area contributed by atoms with Crippen molar-refractivity contribution in [2.75, 3.05) is 20.6 Å². The van der Waals surface area contributed by atoms with Gasteiger partial charge in [0.1, 0.15) is 0 Å². The van der Waals surface area contributed by atoms with Crippen molar-refractivity contribution in [2.45, 2.75) is 25.0 Å². The summed E-state index contributed by atoms with van der Waals surface area (Å²) in [5.41, 5.74) is 3.06. The van der Waals surface area contributed by atoms with E-state index in [-0.39, 0.29) is 6.10 Å². The monoisotopic (exact) mass is 188 g/mol. The summed E-state index contributed by atoms with van der Waals surface area (Å²) in [5.74, 6) is -0.854. The van der Waals surface area contributed by atoms with Crippen LogP contribution in [0.25, 0.3) is 0 Å². The topological polar surface area (TPSA) is 61.8 Å². The number of carboxylic acids is 1. The third-order valence-corrected chi connectivity index (χ3v) is 2.02. The Labute approximate surface area is 77.6 Å². The Hall–Kier alpha value is -0.650. The van der Waals surface area contributed by atoms with E-state index in [4.69, 9.17) is 9.84 Å². The quantitative estimate of drug-likeness (QED) is 0.592. The summed E-state index contributed by atoms with van der Waals surface area (Å²) in [6.07, 6.45) is 0.866. The van der Waals surface area contributed by atoms with Gasteiger partial charge in [0, 0.05) is 20.6 Å². The molecule has 1 saturated heterocycles. The molecule has 0 saturated carbocycles. The lowest BCUT2D eigenvalue weighted by molar-refractivity contribution is -0.149. The van der Waals surface area contributed by atoms with Gasteiger partial charge in [-0.25, -0.2) is 4.79 Å². The van der Waals surface area contributed by atoms with Crippen molar-refractivity contribution in [1.29, 1.82) is 0 Å². The molecule has 0 aliphatic carbocycles. The smallest absolute Gasteiger partial charge is 0.332 e. The molecule has 0 radical (unpaired) electrons. The van der Waals surface area contributed by atoms with E-state index >= 15 is 0 Å². The molecule has 0 aromatic carbocycles. The van der Waals surface area contributed by atoms with E-state index < -0.39 is 12.1 Å². The molecular weight excluding hydrogens is 172 g/mol. The molecule has 0 spiro atoms. The summed E-state index contributed by atoms with van der Waals surface area (Å²) in [4.78, 5) is 10.5. The SMILES string of the molecule is CN(C)NCC1CCC(C(=O)O)O1. The average Bonchev–Trinajstić information content (AvgIpc) is 2.48. The van der Waals surface area contributed by atoms with Gasteiger partial charge in [-0.3, -0.25) is 10.4 Å². The lowest BCUT2D eigenvalue weighted by atomic mass is 10.2. The number of hydrogen-bond acceptors (Lipinski definition) is 4. The largest absolute Gasteiger partial charge is 0.479 e. The summed E-state index contributed by atoms with van der Waals surface area (Å²) in [5, 5.41) is 10.5. The molecule has 0 bridgehead atoms. The van der Waals surface area contributed by atoms with Crippen LogP contribution in [0.3, 0.4) is 0 Å². The van der Waals surface area contributed by atoms with Crippen molar-refractivity contribution in [1.82, 2.24) is 10.4 Å². The van der Waals surface area contributed by atoms with Gasteiger partial charge in [0.15, 0.2) is 6.10 Å². The molecule has 13 heavy (non-hydrogen) atoms. The fraction of sp³-hybridized carbons (Fsp3) is 0.875. The van der Waals surface area contributed by atoms with Gasteiger partial charge in [-0.1, -0.05) is 0 Å². The van der Waals surface area contributed by atoms with Gasteiger partial charge in [0.05, 0.1) is 6.10 Å². The lowest BCUT2D eigenvalue weighted by Crippen LogP contribution is -2.37. The molecule has 0 aromatic heterocycles. The molecule has 2 N–H and O–H groups in total. The first-order valence-electron chi connectivity index (χ1n) is 4.38. The Balaban J connectivity index is 2.21. The summed E-state index contributed by atoms with van der Waals surface area (Å²) < 4.78 is 5.28. The molecular formula is C8H16N2O3. The van der Waals surface area contributed by atoms with E-state index in [1.165, 1.54) is 0 Å². The first-order valence-corrected chi connectivity index (χ1v) is 4.38. The normalized spacial score (nSPS) is 28.2. The van der Waals surface area contributed by atoms with Crippen LogP contribution in [0.15, 0.2) is 0 Å². The van der Waals surface area contributed by atoms with E-state index in [1.54, 1.807) is 0 Å². The Morgan fingerprint density at radius 1 is 1.62 bits per heavy atom. The fourth-order valence-electron chi connectivity index (χ4n) is 1.32. The maximum atomic E-state index is 10.5. The zero-order valence-electron chi connectivity index (χ0n) is 7.99. The van der Waals surface area contributed by atoms with Gasteiger partial charge in [0.25, 0.3) is 0 Å². The second kappa shape index (κ2) is 4.55. The number of carboxylic acid groups (broad SMARTS) is 1. The minimum absolute atomic E-state index is 0.0310. The molecule has 1 aliphatic heterocycles. The molecule has 76 valence electrons. The van der Waals surface area contributed by atoms with Crippen molar-refractivity contribution in [3.63, 3.8) is 0 Å². The van der Waals surface area contributed by atoms with E-state index in [1.807, 2.05) is 19.1 Å². The van der Waals surface area contributed by atoms with Crippen LogP contribution in [-0.2, 0) is 9.53 Å². The minimum Gasteiger partial charge on any atom is -0.479 e. The van der Waals surface area contributed by atoms with Crippen LogP contribution in [-0.4, -0.2) is 48.9 Å². The van der Waals surface area contributed by atoms with Gasteiger partial charge >= 0.3 is 5.97 Å². The number of nitrogens with zero attached hydrogens (tertiary/aromatic N) is 1. The number of ether oxygens (including phenoxy) is 1. The van der Waals surface area contributed by atoms with Gasteiger partial charge in [-0.05, 0) is 12.8 Å². The molecule has 5 nitrogen and oxygen atoms in total. The van der Waals surface area contributed by atoms with Gasteiger partial charge in [-0.15, -0.1) is 0 Å². The zero-order chi connectivity index (χ0) is 9.84. The first kappa shape index (κ1) is 10.4. The van der Waals surface area contributed by atoms with E-state index in [0.717, 1.165) is 6.42 Å². The molecule has 1 fully saturated rings. The van der Waals surface area contributed by atoms with Crippen molar-refractivity contribution in [3.05, 3.63) is 0 Å². The summed E-state index contributed by atoms with van der Waals surface area (Å²) >= 11 is 0. The van der Waals surface area contributed by atoms with Crippen LogP contribution < -0.4 is 5.43 Å². The first-order chi connectivity index (χ1) is 6.09. The molecule has 1 aliphatic rings. The molecule has 0 aromatic rings. The highest BCUT2D eigenvalue weighted by molar-refractivity contribution is 5.72. The third kappa shape index (κ3) is 3.30. The van der Waals surface area contributed by atoms with E-state index in [9.17, 15) is 4.79 Å². The Kier molecular flexibility index (Phi) is 3.65. The van der Waals surface area contributed by atoms with Crippen LogP contribution in [0.1, 0.15) is 12.8 Å². The van der Waals surface area contributed by atoms with Crippen molar-refractivity contribution in [3.8, 4) is 0 Å². The fourth-order valence-corrected chi connectivity index (χ4v) is 1.32. The van der Waals surface area contributed by atoms with Crippen molar-refractivity contribution < 1.29 is 14.6 Å². The predicted octanol–water partition coefficient (Wildman–Crippen LogP) is -0.315. The van der Waals surface area contributed by atoms with E-state index in [0.29, 0.717) is 13.0 Å². The zero-order valence-corrected chi connectivity index (χ0v) is 7.99. The number of rotatable bonds is 4. The van der Waals surface area contributed by atoms with Gasteiger partial charge < -0.3 is 9.84 Å². The highest BCUT2D eigenvalue weighted by Crippen LogP contribution is 2.18. The lowest BCUT2D eigenvalue weighted by Gasteiger charge is -2.16. The van der Waals surface area contributed by atoms with Crippen LogP contribution in [0.2, 0.25) is 0 Å². The van der Waals surface area contributed by atoms with Crippen molar-refractivity contribution >= 4 is 5.97 Å². The molecule has 5 heteroatoms. The van der Waals surface area contributed by atoms with Crippen molar-refractivity contribution in [2.24, 2.45) is 0 Å². The minimum atomic E-state index is -0.854. The number of hydrazine groups is 1. The van der Waals surface area contributed by atoms with Crippen LogP contribution in [0, 0.1) is 0 Å². The molecule has 2 atom stereocenters. The molecule has 0 amide bonds. The maximum absolute atomic E-state index is 10.5. The summed E-state index contributed by atoms with van der Waals surface area (Å²) in [7, 11) is 3.78. The Morgan fingerprint density at radius 3 is 2.77 bits per heavy atom. The second-order valence-corrected chi connectivity index (χ2v) is 3.42. The maximum Gasteiger partial charge on any atom is 0.332 e. The molecule has 1 rings (SSSR count). The average molecular weight is 188 g/mol. The van der Waals surface area contributed by atoms with Gasteiger partial charge in [0.2, 0.25) is 0 Å². The highest BCUT2D eigenvalue weighted by Gasteiger charge is 2.29. The van der Waals surface area contributed by atoms with Crippen LogP contribution in [0.4, 0.5) is 0 Å². The Morgan fingerprint density at radius 2 is 2.31 bits per heavy atom. The Bertz CT molecular complexity index is 184.